The van der Waals surface area contributed by atoms with Crippen molar-refractivity contribution in [3.05, 3.63) is 0 Å². The van der Waals surface area contributed by atoms with Gasteiger partial charge in [0, 0.05) is 12.1 Å². The molecule has 13 heavy (non-hydrogen) atoms. The number of carbonyl (C=O) groups is 1. The molecular weight excluding hydrogens is 164 g/mol. The second-order valence-corrected chi connectivity index (χ2v) is 3.48. The average Bonchev–Trinajstić information content (AvgIpc) is 2.42. The van der Waals surface area contributed by atoms with Crippen LogP contribution in [0.4, 0.5) is 0 Å². The van der Waals surface area contributed by atoms with Gasteiger partial charge in [-0.25, -0.2) is 5.43 Å². The van der Waals surface area contributed by atoms with Crippen molar-refractivity contribution in [2.75, 3.05) is 0 Å². The molecule has 1 rings (SSSR count). The molecule has 1 aliphatic rings. The summed E-state index contributed by atoms with van der Waals surface area (Å²) in [6.07, 6.45) is 7.69. The minimum Gasteiger partial charge on any atom is -0.273 e. The fourth-order valence-corrected chi connectivity index (χ4v) is 1.47. The zero-order valence-electron chi connectivity index (χ0n) is 8.31. The first-order valence-corrected chi connectivity index (χ1v) is 5.17. The lowest BCUT2D eigenvalue weighted by Gasteiger charge is -2.01. The van der Waals surface area contributed by atoms with Crippen molar-refractivity contribution in [1.29, 1.82) is 0 Å². The van der Waals surface area contributed by atoms with Gasteiger partial charge in [-0.3, -0.25) is 4.79 Å². The van der Waals surface area contributed by atoms with Crippen LogP contribution in [-0.2, 0) is 4.79 Å². The van der Waals surface area contributed by atoms with Crippen molar-refractivity contribution >= 4 is 11.6 Å². The van der Waals surface area contributed by atoms with Gasteiger partial charge in [0.25, 0.3) is 0 Å². The highest BCUT2D eigenvalue weighted by atomic mass is 16.2. The number of hydrogen-bond donors (Lipinski definition) is 1. The molecule has 0 unspecified atom stereocenters. The van der Waals surface area contributed by atoms with E-state index in [-0.39, 0.29) is 5.91 Å². The standard InChI is InChI=1S/C10H18N2O/c1-2-10(13)12-11-9-7-5-3-4-6-8-9/h2-8H2,1H3,(H,12,13). The molecule has 1 fully saturated rings. The van der Waals surface area contributed by atoms with E-state index in [9.17, 15) is 4.79 Å². The molecule has 0 aromatic carbocycles. The van der Waals surface area contributed by atoms with Gasteiger partial charge in [-0.2, -0.15) is 5.10 Å². The van der Waals surface area contributed by atoms with Gasteiger partial charge in [0.15, 0.2) is 0 Å². The Hall–Kier alpha value is -0.860. The third kappa shape index (κ3) is 4.06. The third-order valence-corrected chi connectivity index (χ3v) is 2.34. The summed E-state index contributed by atoms with van der Waals surface area (Å²) in [4.78, 5) is 10.9. The number of nitrogens with zero attached hydrogens (tertiary/aromatic N) is 1. The van der Waals surface area contributed by atoms with E-state index in [4.69, 9.17) is 0 Å². The van der Waals surface area contributed by atoms with Gasteiger partial charge in [0.05, 0.1) is 0 Å². The summed E-state index contributed by atoms with van der Waals surface area (Å²) in [7, 11) is 0. The molecule has 1 N–H and O–H groups in total. The molecule has 1 aliphatic carbocycles. The second-order valence-electron chi connectivity index (χ2n) is 3.48. The zero-order valence-corrected chi connectivity index (χ0v) is 8.31. The van der Waals surface area contributed by atoms with Gasteiger partial charge in [0.2, 0.25) is 5.91 Å². The number of nitrogens with one attached hydrogen (secondary N) is 1. The first-order valence-electron chi connectivity index (χ1n) is 5.17. The molecule has 0 heterocycles. The van der Waals surface area contributed by atoms with E-state index in [0.717, 1.165) is 12.8 Å². The summed E-state index contributed by atoms with van der Waals surface area (Å²) >= 11 is 0. The van der Waals surface area contributed by atoms with Crippen molar-refractivity contribution in [2.45, 2.75) is 51.9 Å². The van der Waals surface area contributed by atoms with E-state index in [2.05, 4.69) is 10.5 Å². The maximum Gasteiger partial charge on any atom is 0.239 e. The van der Waals surface area contributed by atoms with Crippen LogP contribution in [0.15, 0.2) is 5.10 Å². The number of hydrazone groups is 1. The molecule has 0 atom stereocenters. The summed E-state index contributed by atoms with van der Waals surface area (Å²) in [5, 5.41) is 4.13. The summed E-state index contributed by atoms with van der Waals surface area (Å²) < 4.78 is 0. The van der Waals surface area contributed by atoms with Gasteiger partial charge in [-0.05, 0) is 25.7 Å². The minimum absolute atomic E-state index is 0.0109. The van der Waals surface area contributed by atoms with Crippen LogP contribution in [0.2, 0.25) is 0 Å². The Kier molecular flexibility index (Phi) is 4.50. The molecular formula is C10H18N2O. The van der Waals surface area contributed by atoms with Crippen LogP contribution < -0.4 is 5.43 Å². The molecule has 74 valence electrons. The van der Waals surface area contributed by atoms with Crippen LogP contribution in [0.1, 0.15) is 51.9 Å². The number of amides is 1. The predicted molar refractivity (Wildman–Crippen MR) is 53.6 cm³/mol. The van der Waals surface area contributed by atoms with Crippen LogP contribution in [0, 0.1) is 0 Å². The van der Waals surface area contributed by atoms with Crippen molar-refractivity contribution in [2.24, 2.45) is 5.10 Å². The number of carbonyl (C=O) groups excluding carboxylic acids is 1. The molecule has 1 saturated carbocycles. The van der Waals surface area contributed by atoms with Gasteiger partial charge < -0.3 is 0 Å². The third-order valence-electron chi connectivity index (χ3n) is 2.34. The molecule has 1 amide bonds. The lowest BCUT2D eigenvalue weighted by atomic mass is 10.2. The molecule has 0 saturated heterocycles. The zero-order chi connectivity index (χ0) is 9.52. The highest BCUT2D eigenvalue weighted by Gasteiger charge is 2.05. The summed E-state index contributed by atoms with van der Waals surface area (Å²) in [6.45, 7) is 1.84. The number of hydrogen-bond acceptors (Lipinski definition) is 2. The van der Waals surface area contributed by atoms with Crippen LogP contribution in [-0.4, -0.2) is 11.6 Å². The van der Waals surface area contributed by atoms with E-state index in [0.29, 0.717) is 6.42 Å². The summed E-state index contributed by atoms with van der Waals surface area (Å²) in [6, 6.07) is 0. The lowest BCUT2D eigenvalue weighted by Crippen LogP contribution is -2.18. The van der Waals surface area contributed by atoms with Crippen molar-refractivity contribution in [3.8, 4) is 0 Å². The molecule has 3 nitrogen and oxygen atoms in total. The molecule has 3 heteroatoms. The van der Waals surface area contributed by atoms with Gasteiger partial charge in [-0.1, -0.05) is 19.8 Å². The Bertz CT molecular complexity index is 189. The Morgan fingerprint density at radius 3 is 2.46 bits per heavy atom. The Balaban J connectivity index is 2.34. The van der Waals surface area contributed by atoms with E-state index >= 15 is 0 Å². The number of rotatable bonds is 2. The highest BCUT2D eigenvalue weighted by Crippen LogP contribution is 2.14. The first-order chi connectivity index (χ1) is 6.33. The second kappa shape index (κ2) is 5.73. The van der Waals surface area contributed by atoms with E-state index in [1.54, 1.807) is 0 Å². The molecule has 0 aliphatic heterocycles. The average molecular weight is 182 g/mol. The van der Waals surface area contributed by atoms with E-state index in [1.165, 1.54) is 31.4 Å². The Morgan fingerprint density at radius 1 is 1.31 bits per heavy atom. The van der Waals surface area contributed by atoms with Crippen LogP contribution in [0.25, 0.3) is 0 Å². The quantitative estimate of drug-likeness (QED) is 0.516. The fraction of sp³-hybridized carbons (Fsp3) is 0.800. The molecule has 0 spiro atoms. The smallest absolute Gasteiger partial charge is 0.239 e. The fourth-order valence-electron chi connectivity index (χ4n) is 1.47. The van der Waals surface area contributed by atoms with Crippen molar-refractivity contribution < 1.29 is 4.79 Å². The molecule has 0 aromatic rings. The predicted octanol–water partition coefficient (Wildman–Crippen LogP) is 2.22. The summed E-state index contributed by atoms with van der Waals surface area (Å²) in [5.41, 5.74) is 3.74. The topological polar surface area (TPSA) is 41.5 Å². The van der Waals surface area contributed by atoms with E-state index in [1.807, 2.05) is 6.92 Å². The van der Waals surface area contributed by atoms with Gasteiger partial charge in [-0.15, -0.1) is 0 Å². The SMILES string of the molecule is CCC(=O)NN=C1CCCCCC1. The maximum absolute atomic E-state index is 10.9. The van der Waals surface area contributed by atoms with E-state index < -0.39 is 0 Å². The monoisotopic (exact) mass is 182 g/mol. The normalized spacial score (nSPS) is 17.8. The summed E-state index contributed by atoms with van der Waals surface area (Å²) in [5.74, 6) is 0.0109. The molecule has 0 bridgehead atoms. The largest absolute Gasteiger partial charge is 0.273 e. The van der Waals surface area contributed by atoms with Crippen LogP contribution in [0.3, 0.4) is 0 Å². The van der Waals surface area contributed by atoms with Crippen LogP contribution >= 0.6 is 0 Å². The highest BCUT2D eigenvalue weighted by molar-refractivity contribution is 5.86. The van der Waals surface area contributed by atoms with Crippen LogP contribution in [0.5, 0.6) is 0 Å². The maximum atomic E-state index is 10.9. The van der Waals surface area contributed by atoms with Crippen molar-refractivity contribution in [1.82, 2.24) is 5.43 Å². The van der Waals surface area contributed by atoms with Crippen molar-refractivity contribution in [3.63, 3.8) is 0 Å². The minimum atomic E-state index is 0.0109. The Labute approximate surface area is 79.6 Å². The van der Waals surface area contributed by atoms with Gasteiger partial charge >= 0.3 is 0 Å². The Morgan fingerprint density at radius 2 is 1.92 bits per heavy atom. The molecule has 0 radical (unpaired) electrons. The lowest BCUT2D eigenvalue weighted by molar-refractivity contribution is -0.120. The first kappa shape index (κ1) is 10.2. The molecule has 0 aromatic heterocycles. The van der Waals surface area contributed by atoms with Gasteiger partial charge in [0.1, 0.15) is 0 Å².